The van der Waals surface area contributed by atoms with Crippen molar-refractivity contribution in [1.29, 1.82) is 0 Å². The average Bonchev–Trinajstić information content (AvgIpc) is 2.65. The molecule has 0 bridgehead atoms. The monoisotopic (exact) mass is 169 g/mol. The lowest BCUT2D eigenvalue weighted by Crippen LogP contribution is -1.91. The van der Waals surface area contributed by atoms with Gasteiger partial charge in [0.1, 0.15) is 0 Å². The van der Waals surface area contributed by atoms with Gasteiger partial charge in [0.15, 0.2) is 5.65 Å². The van der Waals surface area contributed by atoms with Gasteiger partial charge in [-0.05, 0) is 6.07 Å². The molecular formula is C10H7N3. The maximum atomic E-state index is 4.27. The molecule has 0 atom stereocenters. The molecule has 1 aromatic carbocycles. The van der Waals surface area contributed by atoms with Crippen LogP contribution >= 0.6 is 0 Å². The summed E-state index contributed by atoms with van der Waals surface area (Å²) in [6, 6.07) is 9.97. The van der Waals surface area contributed by atoms with E-state index in [1.165, 1.54) is 0 Å². The van der Waals surface area contributed by atoms with E-state index in [1.807, 2.05) is 41.0 Å². The SMILES string of the molecule is c1ccc2c(c1)cnc1ccnn12. The van der Waals surface area contributed by atoms with Crippen molar-refractivity contribution in [2.75, 3.05) is 0 Å². The minimum atomic E-state index is 0.888. The van der Waals surface area contributed by atoms with Gasteiger partial charge in [0, 0.05) is 17.6 Å². The van der Waals surface area contributed by atoms with Gasteiger partial charge in [0.25, 0.3) is 0 Å². The van der Waals surface area contributed by atoms with Crippen molar-refractivity contribution in [2.45, 2.75) is 0 Å². The van der Waals surface area contributed by atoms with Gasteiger partial charge >= 0.3 is 0 Å². The lowest BCUT2D eigenvalue weighted by molar-refractivity contribution is 0.984. The summed E-state index contributed by atoms with van der Waals surface area (Å²) >= 11 is 0. The van der Waals surface area contributed by atoms with E-state index >= 15 is 0 Å². The minimum absolute atomic E-state index is 0.888. The molecule has 3 aromatic rings. The van der Waals surface area contributed by atoms with Gasteiger partial charge in [-0.3, -0.25) is 0 Å². The highest BCUT2D eigenvalue weighted by atomic mass is 15.2. The lowest BCUT2D eigenvalue weighted by Gasteiger charge is -1.98. The third kappa shape index (κ3) is 0.839. The molecule has 0 spiro atoms. The second-order valence-electron chi connectivity index (χ2n) is 2.92. The van der Waals surface area contributed by atoms with Crippen LogP contribution in [0.2, 0.25) is 0 Å². The molecule has 3 rings (SSSR count). The first kappa shape index (κ1) is 6.60. The van der Waals surface area contributed by atoms with E-state index in [4.69, 9.17) is 0 Å². The molecule has 0 saturated heterocycles. The Kier molecular flexibility index (Phi) is 1.16. The highest BCUT2D eigenvalue weighted by molar-refractivity contribution is 5.79. The number of aromatic nitrogens is 3. The number of para-hydroxylation sites is 1. The van der Waals surface area contributed by atoms with Gasteiger partial charge in [0.2, 0.25) is 0 Å². The molecule has 0 saturated carbocycles. The number of rotatable bonds is 0. The molecule has 0 N–H and O–H groups in total. The van der Waals surface area contributed by atoms with Crippen LogP contribution in [0.5, 0.6) is 0 Å². The van der Waals surface area contributed by atoms with Gasteiger partial charge < -0.3 is 0 Å². The van der Waals surface area contributed by atoms with E-state index < -0.39 is 0 Å². The van der Waals surface area contributed by atoms with Crippen LogP contribution in [0.15, 0.2) is 42.7 Å². The van der Waals surface area contributed by atoms with Crippen molar-refractivity contribution < 1.29 is 0 Å². The molecule has 0 aliphatic carbocycles. The second-order valence-corrected chi connectivity index (χ2v) is 2.92. The minimum Gasteiger partial charge on any atom is -0.236 e. The molecular weight excluding hydrogens is 162 g/mol. The number of benzene rings is 1. The Morgan fingerprint density at radius 1 is 1.08 bits per heavy atom. The topological polar surface area (TPSA) is 30.2 Å². The van der Waals surface area contributed by atoms with E-state index in [0.29, 0.717) is 0 Å². The molecule has 3 nitrogen and oxygen atoms in total. The number of hydrogen-bond donors (Lipinski definition) is 0. The van der Waals surface area contributed by atoms with Crippen LogP contribution in [0.1, 0.15) is 0 Å². The summed E-state index contributed by atoms with van der Waals surface area (Å²) < 4.78 is 1.84. The maximum Gasteiger partial charge on any atom is 0.155 e. The molecule has 2 heterocycles. The van der Waals surface area contributed by atoms with E-state index in [2.05, 4.69) is 10.1 Å². The van der Waals surface area contributed by atoms with Crippen molar-refractivity contribution in [3.8, 4) is 0 Å². The first-order chi connectivity index (χ1) is 6.45. The molecule has 13 heavy (non-hydrogen) atoms. The molecule has 0 amide bonds. The summed E-state index contributed by atoms with van der Waals surface area (Å²) in [4.78, 5) is 4.27. The molecule has 62 valence electrons. The number of fused-ring (bicyclic) bond motifs is 3. The largest absolute Gasteiger partial charge is 0.236 e. The molecule has 2 aromatic heterocycles. The summed E-state index contributed by atoms with van der Waals surface area (Å²) in [6.07, 6.45) is 3.63. The zero-order chi connectivity index (χ0) is 8.67. The summed E-state index contributed by atoms with van der Waals surface area (Å²) in [5.74, 6) is 0. The summed E-state index contributed by atoms with van der Waals surface area (Å²) in [7, 11) is 0. The molecule has 0 aliphatic rings. The zero-order valence-corrected chi connectivity index (χ0v) is 6.88. The van der Waals surface area contributed by atoms with Gasteiger partial charge in [-0.25, -0.2) is 9.50 Å². The fraction of sp³-hybridized carbons (Fsp3) is 0. The first-order valence-corrected chi connectivity index (χ1v) is 4.13. The van der Waals surface area contributed by atoms with E-state index in [1.54, 1.807) is 6.20 Å². The quantitative estimate of drug-likeness (QED) is 0.514. The average molecular weight is 169 g/mol. The van der Waals surface area contributed by atoms with Crippen LogP contribution < -0.4 is 0 Å². The smallest absolute Gasteiger partial charge is 0.155 e. The van der Waals surface area contributed by atoms with Crippen molar-refractivity contribution in [1.82, 2.24) is 14.6 Å². The first-order valence-electron chi connectivity index (χ1n) is 4.13. The van der Waals surface area contributed by atoms with Crippen molar-refractivity contribution in [2.24, 2.45) is 0 Å². The van der Waals surface area contributed by atoms with Crippen molar-refractivity contribution in [3.63, 3.8) is 0 Å². The normalized spacial score (nSPS) is 11.1. The van der Waals surface area contributed by atoms with Gasteiger partial charge in [0.05, 0.1) is 11.7 Å². The molecule has 0 fully saturated rings. The summed E-state index contributed by atoms with van der Waals surface area (Å²) in [5.41, 5.74) is 1.98. The van der Waals surface area contributed by atoms with Crippen LogP contribution in [-0.4, -0.2) is 14.6 Å². The van der Waals surface area contributed by atoms with E-state index in [9.17, 15) is 0 Å². The van der Waals surface area contributed by atoms with Gasteiger partial charge in [-0.2, -0.15) is 5.10 Å². The highest BCUT2D eigenvalue weighted by Crippen LogP contribution is 2.12. The van der Waals surface area contributed by atoms with Gasteiger partial charge in [-0.1, -0.05) is 18.2 Å². The highest BCUT2D eigenvalue weighted by Gasteiger charge is 1.98. The zero-order valence-electron chi connectivity index (χ0n) is 6.88. The Morgan fingerprint density at radius 2 is 2.00 bits per heavy atom. The Bertz CT molecular complexity index is 568. The Morgan fingerprint density at radius 3 is 3.00 bits per heavy atom. The molecule has 0 unspecified atom stereocenters. The van der Waals surface area contributed by atoms with E-state index in [0.717, 1.165) is 16.6 Å². The fourth-order valence-corrected chi connectivity index (χ4v) is 1.51. The molecule has 3 heteroatoms. The van der Waals surface area contributed by atoms with Gasteiger partial charge in [-0.15, -0.1) is 0 Å². The predicted molar refractivity (Wildman–Crippen MR) is 50.5 cm³/mol. The van der Waals surface area contributed by atoms with E-state index in [-0.39, 0.29) is 0 Å². The van der Waals surface area contributed by atoms with Crippen LogP contribution in [0, 0.1) is 0 Å². The Hall–Kier alpha value is -1.90. The number of nitrogens with zero attached hydrogens (tertiary/aromatic N) is 3. The lowest BCUT2D eigenvalue weighted by atomic mass is 10.2. The summed E-state index contributed by atoms with van der Waals surface area (Å²) in [5, 5.41) is 5.31. The van der Waals surface area contributed by atoms with Crippen molar-refractivity contribution >= 4 is 16.6 Å². The number of hydrogen-bond acceptors (Lipinski definition) is 2. The molecule has 0 aliphatic heterocycles. The standard InChI is InChI=1S/C10H7N3/c1-2-4-9-8(3-1)7-11-10-5-6-12-13(9)10/h1-7H. The maximum absolute atomic E-state index is 4.27. The fourth-order valence-electron chi connectivity index (χ4n) is 1.51. The van der Waals surface area contributed by atoms with Crippen LogP contribution in [0.3, 0.4) is 0 Å². The summed E-state index contributed by atoms with van der Waals surface area (Å²) in [6.45, 7) is 0. The third-order valence-electron chi connectivity index (χ3n) is 2.12. The van der Waals surface area contributed by atoms with Crippen LogP contribution in [0.4, 0.5) is 0 Å². The predicted octanol–water partition coefficient (Wildman–Crippen LogP) is 1.88. The van der Waals surface area contributed by atoms with Crippen LogP contribution in [0.25, 0.3) is 16.6 Å². The molecule has 0 radical (unpaired) electrons. The third-order valence-corrected chi connectivity index (χ3v) is 2.12. The van der Waals surface area contributed by atoms with Crippen molar-refractivity contribution in [3.05, 3.63) is 42.7 Å². The second kappa shape index (κ2) is 2.29. The Labute approximate surface area is 74.6 Å². The Balaban J connectivity index is 2.65. The van der Waals surface area contributed by atoms with Crippen LogP contribution in [-0.2, 0) is 0 Å².